The lowest BCUT2D eigenvalue weighted by molar-refractivity contribution is 0.317. The van der Waals surface area contributed by atoms with Gasteiger partial charge >= 0.3 is 0 Å². The lowest BCUT2D eigenvalue weighted by atomic mass is 10.2. The molecule has 0 spiro atoms. The highest BCUT2D eigenvalue weighted by molar-refractivity contribution is 5.14. The quantitative estimate of drug-likeness (QED) is 0.726. The molecule has 0 saturated heterocycles. The standard InChI is InChI=1S/C16H24N4/c1-14(16-9-11-18-19-16)17-10-6-12-20(2)13-15-7-4-3-5-8-15/h3-5,7-9,11,14,17H,6,10,12-13H2,1-2H3,(H,18,19). The molecule has 0 saturated carbocycles. The van der Waals surface area contributed by atoms with Gasteiger partial charge in [-0.05, 0) is 45.1 Å². The van der Waals surface area contributed by atoms with Crippen LogP contribution in [0, 0.1) is 0 Å². The van der Waals surface area contributed by atoms with E-state index in [9.17, 15) is 0 Å². The van der Waals surface area contributed by atoms with Gasteiger partial charge in [0, 0.05) is 18.8 Å². The van der Waals surface area contributed by atoms with E-state index in [-0.39, 0.29) is 0 Å². The fourth-order valence-electron chi connectivity index (χ4n) is 2.26. The first kappa shape index (κ1) is 14.8. The monoisotopic (exact) mass is 272 g/mol. The molecule has 1 heterocycles. The van der Waals surface area contributed by atoms with Crippen molar-refractivity contribution >= 4 is 0 Å². The van der Waals surface area contributed by atoms with Crippen LogP contribution >= 0.6 is 0 Å². The second kappa shape index (κ2) is 7.82. The number of H-pyrrole nitrogens is 1. The Balaban J connectivity index is 1.61. The minimum absolute atomic E-state index is 0.330. The van der Waals surface area contributed by atoms with Crippen molar-refractivity contribution in [1.82, 2.24) is 20.4 Å². The second-order valence-corrected chi connectivity index (χ2v) is 5.26. The van der Waals surface area contributed by atoms with Crippen molar-refractivity contribution in [3.63, 3.8) is 0 Å². The van der Waals surface area contributed by atoms with E-state index in [1.54, 1.807) is 6.20 Å². The third-order valence-electron chi connectivity index (χ3n) is 3.45. The van der Waals surface area contributed by atoms with Crippen molar-refractivity contribution in [1.29, 1.82) is 0 Å². The van der Waals surface area contributed by atoms with Gasteiger partial charge in [0.05, 0.1) is 5.69 Å². The van der Waals surface area contributed by atoms with E-state index < -0.39 is 0 Å². The molecule has 0 aliphatic rings. The normalized spacial score (nSPS) is 12.8. The molecule has 2 rings (SSSR count). The molecule has 0 aliphatic carbocycles. The number of hydrogen-bond donors (Lipinski definition) is 2. The highest BCUT2D eigenvalue weighted by atomic mass is 15.1. The van der Waals surface area contributed by atoms with E-state index in [0.29, 0.717) is 6.04 Å². The molecule has 1 aromatic carbocycles. The van der Waals surface area contributed by atoms with E-state index >= 15 is 0 Å². The molecule has 0 fully saturated rings. The summed E-state index contributed by atoms with van der Waals surface area (Å²) in [5, 5.41) is 10.5. The van der Waals surface area contributed by atoms with Gasteiger partial charge in [-0.3, -0.25) is 5.10 Å². The minimum atomic E-state index is 0.330. The Morgan fingerprint density at radius 3 is 2.75 bits per heavy atom. The zero-order chi connectivity index (χ0) is 14.2. The predicted octanol–water partition coefficient (Wildman–Crippen LogP) is 2.58. The third-order valence-corrected chi connectivity index (χ3v) is 3.45. The smallest absolute Gasteiger partial charge is 0.0518 e. The summed E-state index contributed by atoms with van der Waals surface area (Å²) in [5.74, 6) is 0. The van der Waals surface area contributed by atoms with Gasteiger partial charge in [0.2, 0.25) is 0 Å². The molecule has 1 unspecified atom stereocenters. The van der Waals surface area contributed by atoms with Gasteiger partial charge in [-0.1, -0.05) is 30.3 Å². The van der Waals surface area contributed by atoms with Crippen LogP contribution in [0.2, 0.25) is 0 Å². The summed E-state index contributed by atoms with van der Waals surface area (Å²) in [5.41, 5.74) is 2.51. The first-order valence-corrected chi connectivity index (χ1v) is 7.21. The molecule has 2 N–H and O–H groups in total. The van der Waals surface area contributed by atoms with Gasteiger partial charge < -0.3 is 10.2 Å². The van der Waals surface area contributed by atoms with Crippen LogP contribution in [0.4, 0.5) is 0 Å². The van der Waals surface area contributed by atoms with E-state index in [4.69, 9.17) is 0 Å². The van der Waals surface area contributed by atoms with Crippen molar-refractivity contribution in [2.45, 2.75) is 25.9 Å². The second-order valence-electron chi connectivity index (χ2n) is 5.26. The van der Waals surface area contributed by atoms with E-state index in [1.165, 1.54) is 5.56 Å². The fraction of sp³-hybridized carbons (Fsp3) is 0.438. The lowest BCUT2D eigenvalue weighted by Crippen LogP contribution is -2.25. The van der Waals surface area contributed by atoms with Crippen LogP contribution in [0.5, 0.6) is 0 Å². The maximum absolute atomic E-state index is 3.97. The molecule has 20 heavy (non-hydrogen) atoms. The molecular formula is C16H24N4. The SMILES string of the molecule is CC(NCCCN(C)Cc1ccccc1)c1ccn[nH]1. The van der Waals surface area contributed by atoms with Crippen LogP contribution < -0.4 is 5.32 Å². The van der Waals surface area contributed by atoms with Crippen molar-refractivity contribution in [3.05, 3.63) is 53.9 Å². The average molecular weight is 272 g/mol. The Hall–Kier alpha value is -1.65. The maximum atomic E-state index is 3.97. The highest BCUT2D eigenvalue weighted by Gasteiger charge is 2.05. The topological polar surface area (TPSA) is 44.0 Å². The number of aromatic nitrogens is 2. The summed E-state index contributed by atoms with van der Waals surface area (Å²) in [4.78, 5) is 2.36. The largest absolute Gasteiger partial charge is 0.309 e. The zero-order valence-electron chi connectivity index (χ0n) is 12.3. The van der Waals surface area contributed by atoms with Crippen LogP contribution in [-0.4, -0.2) is 35.2 Å². The summed E-state index contributed by atoms with van der Waals surface area (Å²) in [7, 11) is 2.17. The molecule has 4 heteroatoms. The number of benzene rings is 1. The van der Waals surface area contributed by atoms with Crippen LogP contribution in [0.1, 0.15) is 30.6 Å². The zero-order valence-corrected chi connectivity index (χ0v) is 12.3. The van der Waals surface area contributed by atoms with Gasteiger partial charge in [0.1, 0.15) is 0 Å². The van der Waals surface area contributed by atoms with Gasteiger partial charge in [0.15, 0.2) is 0 Å². The van der Waals surface area contributed by atoms with Crippen molar-refractivity contribution < 1.29 is 0 Å². The van der Waals surface area contributed by atoms with Crippen molar-refractivity contribution in [2.75, 3.05) is 20.1 Å². The molecule has 0 bridgehead atoms. The van der Waals surface area contributed by atoms with E-state index in [0.717, 1.165) is 31.7 Å². The molecule has 0 amide bonds. The number of hydrogen-bond acceptors (Lipinski definition) is 3. The van der Waals surface area contributed by atoms with Crippen LogP contribution in [0.15, 0.2) is 42.6 Å². The highest BCUT2D eigenvalue weighted by Crippen LogP contribution is 2.07. The lowest BCUT2D eigenvalue weighted by Gasteiger charge is -2.18. The van der Waals surface area contributed by atoms with Crippen molar-refractivity contribution in [3.8, 4) is 0 Å². The van der Waals surface area contributed by atoms with Crippen LogP contribution in [-0.2, 0) is 6.54 Å². The summed E-state index contributed by atoms with van der Waals surface area (Å²) < 4.78 is 0. The van der Waals surface area contributed by atoms with Gasteiger partial charge in [-0.25, -0.2) is 0 Å². The first-order chi connectivity index (χ1) is 9.75. The molecule has 2 aromatic rings. The Kier molecular flexibility index (Phi) is 5.77. The number of rotatable bonds is 8. The van der Waals surface area contributed by atoms with Gasteiger partial charge in [-0.15, -0.1) is 0 Å². The predicted molar refractivity (Wildman–Crippen MR) is 82.4 cm³/mol. The molecule has 1 aromatic heterocycles. The Morgan fingerprint density at radius 2 is 2.05 bits per heavy atom. The van der Waals surface area contributed by atoms with Gasteiger partial charge in [-0.2, -0.15) is 5.10 Å². The minimum Gasteiger partial charge on any atom is -0.309 e. The maximum Gasteiger partial charge on any atom is 0.0518 e. The number of aromatic amines is 1. The summed E-state index contributed by atoms with van der Waals surface area (Å²) in [6.07, 6.45) is 2.93. The molecule has 108 valence electrons. The number of nitrogens with zero attached hydrogens (tertiary/aromatic N) is 2. The summed E-state index contributed by atoms with van der Waals surface area (Å²) in [6, 6.07) is 12.9. The number of nitrogens with one attached hydrogen (secondary N) is 2. The van der Waals surface area contributed by atoms with E-state index in [1.807, 2.05) is 6.07 Å². The summed E-state index contributed by atoms with van der Waals surface area (Å²) in [6.45, 7) is 5.27. The average Bonchev–Trinajstić information content (AvgIpc) is 2.99. The van der Waals surface area contributed by atoms with E-state index in [2.05, 4.69) is 64.7 Å². The fourth-order valence-corrected chi connectivity index (χ4v) is 2.26. The van der Waals surface area contributed by atoms with Crippen molar-refractivity contribution in [2.24, 2.45) is 0 Å². The summed E-state index contributed by atoms with van der Waals surface area (Å²) >= 11 is 0. The molecule has 0 aliphatic heterocycles. The molecular weight excluding hydrogens is 248 g/mol. The third kappa shape index (κ3) is 4.79. The van der Waals surface area contributed by atoms with Crippen LogP contribution in [0.25, 0.3) is 0 Å². The first-order valence-electron chi connectivity index (χ1n) is 7.21. The van der Waals surface area contributed by atoms with Crippen LogP contribution in [0.3, 0.4) is 0 Å². The van der Waals surface area contributed by atoms with Gasteiger partial charge in [0.25, 0.3) is 0 Å². The molecule has 0 radical (unpaired) electrons. The molecule has 1 atom stereocenters. The Morgan fingerprint density at radius 1 is 1.25 bits per heavy atom. The Bertz CT molecular complexity index is 466. The Labute approximate surface area is 121 Å². The molecule has 4 nitrogen and oxygen atoms in total.